The van der Waals surface area contributed by atoms with Gasteiger partial charge in [-0.25, -0.2) is 14.8 Å². The number of rotatable bonds is 2. The van der Waals surface area contributed by atoms with E-state index in [1.165, 1.54) is 0 Å². The number of carbonyl (C=O) groups is 1. The van der Waals surface area contributed by atoms with Crippen LogP contribution >= 0.6 is 0 Å². The predicted octanol–water partition coefficient (Wildman–Crippen LogP) is 2.90. The number of carbonyl (C=O) groups excluding carboxylic acids is 1. The van der Waals surface area contributed by atoms with Crippen LogP contribution in [0.5, 0.6) is 5.75 Å². The summed E-state index contributed by atoms with van der Waals surface area (Å²) in [5.41, 5.74) is 1.55. The number of anilines is 1. The lowest BCUT2D eigenvalue weighted by atomic mass is 9.96. The average molecular weight is 326 g/mol. The fraction of sp³-hybridized carbons (Fsp3) is 0.389. The number of nitrogens with one attached hydrogen (secondary N) is 2. The van der Waals surface area contributed by atoms with E-state index in [0.717, 1.165) is 23.6 Å². The molecule has 0 saturated carbocycles. The Kier molecular flexibility index (Phi) is 4.38. The number of hydrogen-bond acceptors (Lipinski definition) is 4. The number of fused-ring (bicyclic) bond motifs is 1. The van der Waals surface area contributed by atoms with Crippen LogP contribution in [0.1, 0.15) is 32.2 Å². The molecule has 24 heavy (non-hydrogen) atoms. The van der Waals surface area contributed by atoms with E-state index in [1.54, 1.807) is 12.4 Å². The van der Waals surface area contributed by atoms with E-state index in [-0.39, 0.29) is 17.5 Å². The first kappa shape index (κ1) is 16.2. The van der Waals surface area contributed by atoms with Crippen LogP contribution in [0.3, 0.4) is 0 Å². The van der Waals surface area contributed by atoms with E-state index < -0.39 is 0 Å². The zero-order chi connectivity index (χ0) is 17.2. The Bertz CT molecular complexity index is 723. The number of nitrogens with zero attached hydrogens (tertiary/aromatic N) is 2. The van der Waals surface area contributed by atoms with Crippen molar-refractivity contribution in [2.45, 2.75) is 38.6 Å². The lowest BCUT2D eigenvalue weighted by Gasteiger charge is -2.26. The number of para-hydroxylation sites is 1. The lowest BCUT2D eigenvalue weighted by Crippen LogP contribution is -2.44. The first-order valence-electron chi connectivity index (χ1n) is 8.02. The maximum absolute atomic E-state index is 12.1. The van der Waals surface area contributed by atoms with Gasteiger partial charge >= 0.3 is 6.03 Å². The molecule has 0 spiro atoms. The zero-order valence-corrected chi connectivity index (χ0v) is 14.2. The maximum Gasteiger partial charge on any atom is 0.319 e. The molecule has 3 rings (SSSR count). The van der Waals surface area contributed by atoms with Crippen LogP contribution in [0.15, 0.2) is 36.7 Å². The van der Waals surface area contributed by atoms with Crippen molar-refractivity contribution in [1.29, 1.82) is 0 Å². The maximum atomic E-state index is 12.1. The van der Waals surface area contributed by atoms with Crippen molar-refractivity contribution < 1.29 is 9.53 Å². The number of urea groups is 1. The highest BCUT2D eigenvalue weighted by Crippen LogP contribution is 2.24. The molecule has 1 aromatic carbocycles. The molecule has 2 heterocycles. The molecular weight excluding hydrogens is 304 g/mol. The topological polar surface area (TPSA) is 76.1 Å². The predicted molar refractivity (Wildman–Crippen MR) is 92.3 cm³/mol. The SMILES string of the molecule is CC(C)(C)c1ncc(NC(=O)NC2COc3ccccc3C2)cn1. The Hall–Kier alpha value is -2.63. The number of aromatic nitrogens is 2. The highest BCUT2D eigenvalue weighted by atomic mass is 16.5. The highest BCUT2D eigenvalue weighted by molar-refractivity contribution is 5.89. The van der Waals surface area contributed by atoms with E-state index in [2.05, 4.69) is 20.6 Å². The van der Waals surface area contributed by atoms with Crippen molar-refractivity contribution >= 4 is 11.7 Å². The van der Waals surface area contributed by atoms with Crippen molar-refractivity contribution in [1.82, 2.24) is 15.3 Å². The summed E-state index contributed by atoms with van der Waals surface area (Å²) in [7, 11) is 0. The Morgan fingerprint density at radius 2 is 1.92 bits per heavy atom. The summed E-state index contributed by atoms with van der Waals surface area (Å²) >= 11 is 0. The van der Waals surface area contributed by atoms with Crippen LogP contribution in [0.25, 0.3) is 0 Å². The molecule has 2 amide bonds. The van der Waals surface area contributed by atoms with Crippen LogP contribution in [0.2, 0.25) is 0 Å². The zero-order valence-electron chi connectivity index (χ0n) is 14.2. The van der Waals surface area contributed by atoms with Crippen LogP contribution < -0.4 is 15.4 Å². The summed E-state index contributed by atoms with van der Waals surface area (Å²) in [6, 6.07) is 7.53. The molecule has 0 bridgehead atoms. The third-order valence-corrected chi connectivity index (χ3v) is 3.79. The second kappa shape index (κ2) is 6.47. The summed E-state index contributed by atoms with van der Waals surface area (Å²) in [5.74, 6) is 1.63. The number of amides is 2. The van der Waals surface area contributed by atoms with Crippen molar-refractivity contribution in [3.63, 3.8) is 0 Å². The molecule has 0 saturated heterocycles. The van der Waals surface area contributed by atoms with Gasteiger partial charge in [0.05, 0.1) is 24.1 Å². The average Bonchev–Trinajstić information content (AvgIpc) is 2.54. The quantitative estimate of drug-likeness (QED) is 0.890. The van der Waals surface area contributed by atoms with Gasteiger partial charge in [-0.2, -0.15) is 0 Å². The van der Waals surface area contributed by atoms with Gasteiger partial charge in [-0.1, -0.05) is 39.0 Å². The van der Waals surface area contributed by atoms with E-state index in [9.17, 15) is 4.79 Å². The van der Waals surface area contributed by atoms with E-state index in [1.807, 2.05) is 45.0 Å². The molecule has 1 aliphatic heterocycles. The molecule has 2 aromatic rings. The molecule has 0 aliphatic carbocycles. The largest absolute Gasteiger partial charge is 0.491 e. The lowest BCUT2D eigenvalue weighted by molar-refractivity contribution is 0.222. The van der Waals surface area contributed by atoms with E-state index >= 15 is 0 Å². The minimum atomic E-state index is -0.282. The summed E-state index contributed by atoms with van der Waals surface area (Å²) in [4.78, 5) is 20.7. The standard InChI is InChI=1S/C18H22N4O2/c1-18(2,3)16-19-9-14(10-20-16)22-17(23)21-13-8-12-6-4-5-7-15(12)24-11-13/h4-7,9-10,13H,8,11H2,1-3H3,(H2,21,22,23). The molecule has 1 unspecified atom stereocenters. The monoisotopic (exact) mass is 326 g/mol. The molecule has 126 valence electrons. The third kappa shape index (κ3) is 3.82. The van der Waals surface area contributed by atoms with Gasteiger partial charge in [0, 0.05) is 5.41 Å². The number of benzene rings is 1. The Balaban J connectivity index is 1.57. The van der Waals surface area contributed by atoms with Crippen LogP contribution in [-0.2, 0) is 11.8 Å². The molecule has 2 N–H and O–H groups in total. The summed E-state index contributed by atoms with van der Waals surface area (Å²) < 4.78 is 5.67. The molecule has 1 atom stereocenters. The molecule has 0 radical (unpaired) electrons. The molecule has 1 aromatic heterocycles. The third-order valence-electron chi connectivity index (χ3n) is 3.79. The molecular formula is C18H22N4O2. The van der Waals surface area contributed by atoms with E-state index in [4.69, 9.17) is 4.74 Å². The highest BCUT2D eigenvalue weighted by Gasteiger charge is 2.21. The van der Waals surface area contributed by atoms with Gasteiger partial charge in [-0.3, -0.25) is 0 Å². The normalized spacial score (nSPS) is 16.7. The first-order valence-corrected chi connectivity index (χ1v) is 8.02. The Morgan fingerprint density at radius 3 is 2.62 bits per heavy atom. The Morgan fingerprint density at radius 1 is 1.21 bits per heavy atom. The summed E-state index contributed by atoms with van der Waals surface area (Å²) in [6.07, 6.45) is 4.00. The first-order chi connectivity index (χ1) is 11.4. The van der Waals surface area contributed by atoms with Gasteiger partial charge in [0.25, 0.3) is 0 Å². The fourth-order valence-corrected chi connectivity index (χ4v) is 2.55. The minimum absolute atomic E-state index is 0.0605. The smallest absolute Gasteiger partial charge is 0.319 e. The van der Waals surface area contributed by atoms with E-state index in [0.29, 0.717) is 12.3 Å². The second-order valence-electron chi connectivity index (χ2n) is 6.96. The van der Waals surface area contributed by atoms with Crippen molar-refractivity contribution in [2.75, 3.05) is 11.9 Å². The van der Waals surface area contributed by atoms with Gasteiger partial charge in [-0.15, -0.1) is 0 Å². The van der Waals surface area contributed by atoms with Crippen molar-refractivity contribution in [2.24, 2.45) is 0 Å². The van der Waals surface area contributed by atoms with Crippen LogP contribution in [-0.4, -0.2) is 28.6 Å². The van der Waals surface area contributed by atoms with Gasteiger partial charge in [-0.05, 0) is 18.1 Å². The minimum Gasteiger partial charge on any atom is -0.491 e. The number of hydrogen-bond donors (Lipinski definition) is 2. The van der Waals surface area contributed by atoms with Gasteiger partial charge < -0.3 is 15.4 Å². The van der Waals surface area contributed by atoms with Crippen LogP contribution in [0.4, 0.5) is 10.5 Å². The van der Waals surface area contributed by atoms with Gasteiger partial charge in [0.15, 0.2) is 0 Å². The molecule has 1 aliphatic rings. The molecule has 6 nitrogen and oxygen atoms in total. The Labute approximate surface area is 141 Å². The summed E-state index contributed by atoms with van der Waals surface area (Å²) in [5, 5.41) is 5.68. The van der Waals surface area contributed by atoms with Gasteiger partial charge in [0.1, 0.15) is 18.2 Å². The fourth-order valence-electron chi connectivity index (χ4n) is 2.55. The molecule has 6 heteroatoms. The van der Waals surface area contributed by atoms with Crippen molar-refractivity contribution in [3.8, 4) is 5.75 Å². The molecule has 0 fully saturated rings. The van der Waals surface area contributed by atoms with Crippen LogP contribution in [0, 0.1) is 0 Å². The summed E-state index contributed by atoms with van der Waals surface area (Å²) in [6.45, 7) is 6.60. The number of ether oxygens (including phenoxy) is 1. The second-order valence-corrected chi connectivity index (χ2v) is 6.96. The van der Waals surface area contributed by atoms with Crippen molar-refractivity contribution in [3.05, 3.63) is 48.0 Å². The van der Waals surface area contributed by atoms with Gasteiger partial charge in [0.2, 0.25) is 0 Å².